The molecule has 0 amide bonds. The molecule has 3 fully saturated rings. The van der Waals surface area contributed by atoms with Crippen LogP contribution in [-0.4, -0.2) is 82.8 Å². The van der Waals surface area contributed by atoms with Crippen LogP contribution in [0.2, 0.25) is 0 Å². The van der Waals surface area contributed by atoms with Crippen LogP contribution in [0.3, 0.4) is 0 Å². The van der Waals surface area contributed by atoms with Crippen LogP contribution < -0.4 is 0 Å². The van der Waals surface area contributed by atoms with Crippen molar-refractivity contribution < 1.29 is 57.2 Å². The van der Waals surface area contributed by atoms with Crippen LogP contribution in [0.15, 0.2) is 36.7 Å². The lowest BCUT2D eigenvalue weighted by atomic mass is 9.70. The van der Waals surface area contributed by atoms with E-state index in [1.165, 1.54) is 26.2 Å². The highest BCUT2D eigenvalue weighted by molar-refractivity contribution is 5.93. The molecule has 2 saturated carbocycles. The maximum atomic E-state index is 14.7. The summed E-state index contributed by atoms with van der Waals surface area (Å²) >= 11 is 0. The monoisotopic (exact) mass is 657 g/mol. The van der Waals surface area contributed by atoms with E-state index in [0.29, 0.717) is 0 Å². The molecule has 2 heterocycles. The Morgan fingerprint density at radius 3 is 2.13 bits per heavy atom. The SMILES string of the molecule is C=C1[C@H](OC(C)=O)C[C@@H](OC(=O)c2cccnc2)C(C)(C)[C@H]2O[C@@H]2[C@@H](C)C(=O)[C@@]2(OC(C)=O)C[C@H](C)[C@H](OC(C)=O)[C@@H]2[C@H]1OC(C)=O. The first-order valence-corrected chi connectivity index (χ1v) is 15.6. The van der Waals surface area contributed by atoms with Gasteiger partial charge in [0, 0.05) is 69.8 Å². The minimum Gasteiger partial charge on any atom is -0.462 e. The maximum absolute atomic E-state index is 14.7. The Bertz CT molecular complexity index is 1440. The zero-order chi connectivity index (χ0) is 35.0. The van der Waals surface area contributed by atoms with Crippen molar-refractivity contribution in [1.82, 2.24) is 4.98 Å². The van der Waals surface area contributed by atoms with Crippen LogP contribution in [0.25, 0.3) is 0 Å². The molecule has 13 heteroatoms. The molecule has 256 valence electrons. The number of ether oxygens (including phenoxy) is 6. The molecule has 0 bridgehead atoms. The summed E-state index contributed by atoms with van der Waals surface area (Å²) in [5.74, 6) is -6.87. The number of ketones is 1. The Kier molecular flexibility index (Phi) is 10.3. The van der Waals surface area contributed by atoms with Crippen LogP contribution in [0, 0.1) is 23.2 Å². The second-order valence-electron chi connectivity index (χ2n) is 13.3. The first-order valence-electron chi connectivity index (χ1n) is 15.6. The molecule has 0 aromatic carbocycles. The molecule has 1 aromatic rings. The summed E-state index contributed by atoms with van der Waals surface area (Å²) in [6, 6.07) is 3.12. The average molecular weight is 658 g/mol. The lowest BCUT2D eigenvalue weighted by molar-refractivity contribution is -0.186. The number of Topliss-reactive ketones (excluding diaryl/α,β-unsaturated/α-hetero) is 1. The Balaban J connectivity index is 1.93. The van der Waals surface area contributed by atoms with Crippen LogP contribution in [0.4, 0.5) is 0 Å². The number of epoxide rings is 1. The largest absolute Gasteiger partial charge is 0.462 e. The van der Waals surface area contributed by atoms with Gasteiger partial charge in [0.25, 0.3) is 0 Å². The second kappa shape index (κ2) is 13.5. The summed E-state index contributed by atoms with van der Waals surface area (Å²) in [4.78, 5) is 82.4. The number of pyridine rings is 1. The predicted molar refractivity (Wildman–Crippen MR) is 162 cm³/mol. The molecule has 0 radical (unpaired) electrons. The molecule has 47 heavy (non-hydrogen) atoms. The maximum Gasteiger partial charge on any atom is 0.339 e. The van der Waals surface area contributed by atoms with Gasteiger partial charge in [-0.1, -0.05) is 34.3 Å². The van der Waals surface area contributed by atoms with Crippen LogP contribution >= 0.6 is 0 Å². The minimum atomic E-state index is -1.94. The van der Waals surface area contributed by atoms with Crippen molar-refractivity contribution in [3.05, 3.63) is 42.2 Å². The third-order valence-corrected chi connectivity index (χ3v) is 9.40. The number of carbonyl (C=O) groups excluding carboxylic acids is 6. The molecule has 4 rings (SSSR count). The molecular weight excluding hydrogens is 614 g/mol. The summed E-state index contributed by atoms with van der Waals surface area (Å²) in [6.45, 7) is 15.8. The van der Waals surface area contributed by atoms with Crippen molar-refractivity contribution in [2.45, 2.75) is 110 Å². The fourth-order valence-electron chi connectivity index (χ4n) is 7.25. The first kappa shape index (κ1) is 35.7. The van der Waals surface area contributed by atoms with Crippen molar-refractivity contribution in [1.29, 1.82) is 0 Å². The van der Waals surface area contributed by atoms with Crippen molar-refractivity contribution in [2.24, 2.45) is 23.2 Å². The Labute approximate surface area is 273 Å². The molecule has 10 atom stereocenters. The number of aromatic nitrogens is 1. The Hall–Kier alpha value is -4.13. The minimum absolute atomic E-state index is 0.00991. The number of hydrogen-bond acceptors (Lipinski definition) is 13. The van der Waals surface area contributed by atoms with E-state index < -0.39 is 101 Å². The van der Waals surface area contributed by atoms with Gasteiger partial charge in [0.2, 0.25) is 0 Å². The molecule has 0 spiro atoms. The molecule has 2 aliphatic carbocycles. The van der Waals surface area contributed by atoms with E-state index >= 15 is 0 Å². The number of hydrogen-bond donors (Lipinski definition) is 0. The van der Waals surface area contributed by atoms with Gasteiger partial charge in [-0.15, -0.1) is 0 Å². The van der Waals surface area contributed by atoms with Gasteiger partial charge in [0.05, 0.1) is 23.7 Å². The summed E-state index contributed by atoms with van der Waals surface area (Å²) < 4.78 is 35.5. The number of rotatable bonds is 6. The lowest BCUT2D eigenvalue weighted by Crippen LogP contribution is -2.58. The topological polar surface area (TPSA) is 174 Å². The van der Waals surface area contributed by atoms with Gasteiger partial charge in [0.15, 0.2) is 11.4 Å². The zero-order valence-electron chi connectivity index (χ0n) is 28.0. The third kappa shape index (κ3) is 7.24. The van der Waals surface area contributed by atoms with Gasteiger partial charge in [-0.05, 0) is 18.1 Å². The Morgan fingerprint density at radius 2 is 1.57 bits per heavy atom. The van der Waals surface area contributed by atoms with Crippen molar-refractivity contribution in [3.8, 4) is 0 Å². The fraction of sp³-hybridized carbons (Fsp3) is 0.618. The number of nitrogens with zero attached hydrogens (tertiary/aromatic N) is 1. The highest BCUT2D eigenvalue weighted by atomic mass is 16.6. The normalized spacial score (nSPS) is 34.7. The van der Waals surface area contributed by atoms with Crippen LogP contribution in [0.5, 0.6) is 0 Å². The van der Waals surface area contributed by atoms with Crippen molar-refractivity contribution in [2.75, 3.05) is 0 Å². The summed E-state index contributed by atoms with van der Waals surface area (Å²) in [5.41, 5.74) is -2.72. The summed E-state index contributed by atoms with van der Waals surface area (Å²) in [6.07, 6.45) is -3.44. The summed E-state index contributed by atoms with van der Waals surface area (Å²) in [5, 5.41) is 0. The van der Waals surface area contributed by atoms with Crippen molar-refractivity contribution in [3.63, 3.8) is 0 Å². The molecule has 1 aliphatic heterocycles. The van der Waals surface area contributed by atoms with Gasteiger partial charge < -0.3 is 28.4 Å². The van der Waals surface area contributed by atoms with E-state index in [0.717, 1.165) is 13.8 Å². The Morgan fingerprint density at radius 1 is 0.936 bits per heavy atom. The van der Waals surface area contributed by atoms with E-state index in [1.807, 2.05) is 0 Å². The van der Waals surface area contributed by atoms with E-state index in [1.54, 1.807) is 39.8 Å². The number of carbonyl (C=O) groups is 6. The van der Waals surface area contributed by atoms with E-state index in [4.69, 9.17) is 28.4 Å². The summed E-state index contributed by atoms with van der Waals surface area (Å²) in [7, 11) is 0. The van der Waals surface area contributed by atoms with Gasteiger partial charge in [-0.3, -0.25) is 29.0 Å². The molecule has 1 aromatic heterocycles. The quantitative estimate of drug-likeness (QED) is 0.189. The molecule has 0 unspecified atom stereocenters. The fourth-order valence-corrected chi connectivity index (χ4v) is 7.25. The first-order chi connectivity index (χ1) is 21.9. The second-order valence-corrected chi connectivity index (χ2v) is 13.3. The molecular formula is C34H43NO12. The average Bonchev–Trinajstić information content (AvgIpc) is 3.74. The van der Waals surface area contributed by atoms with Crippen LogP contribution in [-0.2, 0) is 52.4 Å². The number of esters is 5. The van der Waals surface area contributed by atoms with E-state index in [2.05, 4.69) is 11.6 Å². The van der Waals surface area contributed by atoms with Gasteiger partial charge >= 0.3 is 29.8 Å². The predicted octanol–water partition coefficient (Wildman–Crippen LogP) is 3.32. The van der Waals surface area contributed by atoms with Gasteiger partial charge in [-0.25, -0.2) is 4.79 Å². The molecule has 1 saturated heterocycles. The van der Waals surface area contributed by atoms with E-state index in [9.17, 15) is 28.8 Å². The lowest BCUT2D eigenvalue weighted by Gasteiger charge is -2.43. The van der Waals surface area contributed by atoms with Crippen molar-refractivity contribution >= 4 is 35.6 Å². The standard InChI is InChI=1S/C34H43NO12/c1-16-14-34(47-22(7)39)26(27(16)43-20(5)37)28(44-21(6)38)17(2)24(42-19(4)36)13-25(45-32(41)23-11-10-12-35-15-23)33(8,9)31-29(46-31)18(3)30(34)40/h10-12,15-16,18,24-29,31H,2,13-14H2,1,3-9H3/t16-,18+,24+,25+,26+,27-,28-,29+,31-,34+/m0/s1. The molecule has 13 nitrogen and oxygen atoms in total. The smallest absolute Gasteiger partial charge is 0.339 e. The van der Waals surface area contributed by atoms with Gasteiger partial charge in [-0.2, -0.15) is 0 Å². The molecule has 0 N–H and O–H groups in total. The van der Waals surface area contributed by atoms with E-state index in [-0.39, 0.29) is 24.0 Å². The van der Waals surface area contributed by atoms with Gasteiger partial charge in [0.1, 0.15) is 24.4 Å². The number of fused-ring (bicyclic) bond motifs is 2. The highest BCUT2D eigenvalue weighted by Crippen LogP contribution is 2.54. The zero-order valence-corrected chi connectivity index (χ0v) is 28.0. The molecule has 3 aliphatic rings. The third-order valence-electron chi connectivity index (χ3n) is 9.40. The highest BCUT2D eigenvalue weighted by Gasteiger charge is 2.68. The van der Waals surface area contributed by atoms with Crippen LogP contribution in [0.1, 0.15) is 78.6 Å².